The van der Waals surface area contributed by atoms with E-state index in [0.717, 1.165) is 16.7 Å². The van der Waals surface area contributed by atoms with Gasteiger partial charge in [0.2, 0.25) is 0 Å². The Morgan fingerprint density at radius 3 is 2.83 bits per heavy atom. The maximum atomic E-state index is 11.4. The number of primary amides is 1. The van der Waals surface area contributed by atoms with Crippen molar-refractivity contribution in [1.82, 2.24) is 25.1 Å². The lowest BCUT2D eigenvalue weighted by Gasteiger charge is -2.07. The highest BCUT2D eigenvalue weighted by molar-refractivity contribution is 6.04. The van der Waals surface area contributed by atoms with Crippen molar-refractivity contribution in [2.75, 3.05) is 5.32 Å². The van der Waals surface area contributed by atoms with E-state index < -0.39 is 5.91 Å². The smallest absolute Gasteiger partial charge is 0.269 e. The summed E-state index contributed by atoms with van der Waals surface area (Å²) in [5, 5.41) is 10.5. The Morgan fingerprint density at radius 2 is 1.96 bits per heavy atom. The van der Waals surface area contributed by atoms with Crippen molar-refractivity contribution in [2.24, 2.45) is 5.73 Å². The molecule has 4 rings (SSSR count). The Hall–Kier alpha value is -3.55. The summed E-state index contributed by atoms with van der Waals surface area (Å²) in [5.74, 6) is 0.00150. The second kappa shape index (κ2) is 5.02. The van der Waals surface area contributed by atoms with Crippen LogP contribution < -0.4 is 11.1 Å². The molecule has 0 unspecified atom stereocenters. The van der Waals surface area contributed by atoms with E-state index in [1.54, 1.807) is 30.7 Å². The van der Waals surface area contributed by atoms with Gasteiger partial charge in [0.1, 0.15) is 5.52 Å². The van der Waals surface area contributed by atoms with Crippen molar-refractivity contribution in [1.29, 1.82) is 0 Å². The van der Waals surface area contributed by atoms with Crippen molar-refractivity contribution in [2.45, 2.75) is 0 Å². The van der Waals surface area contributed by atoms with Crippen LogP contribution in [0.25, 0.3) is 21.9 Å². The van der Waals surface area contributed by atoms with E-state index in [0.29, 0.717) is 16.7 Å². The second-order valence-corrected chi connectivity index (χ2v) is 4.91. The molecule has 8 heteroatoms. The lowest BCUT2D eigenvalue weighted by Crippen LogP contribution is -2.11. The Labute approximate surface area is 129 Å². The van der Waals surface area contributed by atoms with Gasteiger partial charge in [-0.1, -0.05) is 0 Å². The average Bonchev–Trinajstić information content (AvgIpc) is 2.99. The van der Waals surface area contributed by atoms with Gasteiger partial charge in [0.15, 0.2) is 11.5 Å². The summed E-state index contributed by atoms with van der Waals surface area (Å²) in [4.78, 5) is 24.2. The van der Waals surface area contributed by atoms with Gasteiger partial charge in [0.05, 0.1) is 11.0 Å². The Morgan fingerprint density at radius 1 is 1.09 bits per heavy atom. The Kier molecular flexibility index (Phi) is 2.87. The Balaban J connectivity index is 1.80. The number of aromatic nitrogens is 5. The summed E-state index contributed by atoms with van der Waals surface area (Å²) in [5.41, 5.74) is 8.41. The molecular weight excluding hydrogens is 294 g/mol. The second-order valence-electron chi connectivity index (χ2n) is 4.91. The molecular formula is C15H11N7O. The van der Waals surface area contributed by atoms with Crippen LogP contribution in [0.3, 0.4) is 0 Å². The fraction of sp³-hybridized carbons (Fsp3) is 0. The van der Waals surface area contributed by atoms with Crippen molar-refractivity contribution in [3.63, 3.8) is 0 Å². The molecule has 0 fully saturated rings. The Bertz CT molecular complexity index is 1040. The van der Waals surface area contributed by atoms with Crippen LogP contribution in [0.2, 0.25) is 0 Å². The number of H-pyrrole nitrogens is 1. The maximum Gasteiger partial charge on any atom is 0.269 e. The molecule has 0 atom stereocenters. The molecule has 0 aliphatic heterocycles. The number of nitrogens with two attached hydrogens (primary N) is 1. The molecule has 112 valence electrons. The van der Waals surface area contributed by atoms with Crippen LogP contribution in [0.15, 0.2) is 42.9 Å². The number of nitrogens with zero attached hydrogens (tertiary/aromatic N) is 4. The number of anilines is 2. The molecule has 0 bridgehead atoms. The van der Waals surface area contributed by atoms with E-state index in [4.69, 9.17) is 5.73 Å². The predicted molar refractivity (Wildman–Crippen MR) is 85.2 cm³/mol. The number of rotatable bonds is 3. The van der Waals surface area contributed by atoms with Crippen LogP contribution in [-0.2, 0) is 0 Å². The first-order valence-corrected chi connectivity index (χ1v) is 6.83. The summed E-state index contributed by atoms with van der Waals surface area (Å²) in [7, 11) is 0. The quantitative estimate of drug-likeness (QED) is 0.530. The van der Waals surface area contributed by atoms with Crippen molar-refractivity contribution >= 4 is 39.3 Å². The third-order valence-corrected chi connectivity index (χ3v) is 3.45. The third-order valence-electron chi connectivity index (χ3n) is 3.45. The summed E-state index contributed by atoms with van der Waals surface area (Å²) in [6.45, 7) is 0. The first kappa shape index (κ1) is 13.1. The molecule has 0 saturated heterocycles. The summed E-state index contributed by atoms with van der Waals surface area (Å²) >= 11 is 0. The van der Waals surface area contributed by atoms with Gasteiger partial charge in [0.25, 0.3) is 5.91 Å². The van der Waals surface area contributed by atoms with Crippen molar-refractivity contribution < 1.29 is 4.79 Å². The first-order valence-electron chi connectivity index (χ1n) is 6.83. The average molecular weight is 305 g/mol. The minimum atomic E-state index is -0.581. The zero-order chi connectivity index (χ0) is 15.8. The van der Waals surface area contributed by atoms with Gasteiger partial charge in [0, 0.05) is 29.7 Å². The van der Waals surface area contributed by atoms with Gasteiger partial charge in [-0.25, -0.2) is 9.97 Å². The molecule has 1 amide bonds. The molecule has 23 heavy (non-hydrogen) atoms. The molecule has 8 nitrogen and oxygen atoms in total. The molecule has 4 N–H and O–H groups in total. The number of amides is 1. The molecule has 3 heterocycles. The largest absolute Gasteiger partial charge is 0.364 e. The highest BCUT2D eigenvalue weighted by Crippen LogP contribution is 2.25. The summed E-state index contributed by atoms with van der Waals surface area (Å²) in [6, 6.07) is 7.24. The summed E-state index contributed by atoms with van der Waals surface area (Å²) < 4.78 is 0. The van der Waals surface area contributed by atoms with Gasteiger partial charge in [-0.15, -0.1) is 0 Å². The number of hydrogen-bond acceptors (Lipinski definition) is 6. The van der Waals surface area contributed by atoms with E-state index in [-0.39, 0.29) is 5.69 Å². The van der Waals surface area contributed by atoms with Crippen molar-refractivity contribution in [3.05, 3.63) is 48.5 Å². The van der Waals surface area contributed by atoms with Crippen LogP contribution in [0.5, 0.6) is 0 Å². The molecule has 0 aliphatic rings. The van der Waals surface area contributed by atoms with Gasteiger partial charge in [-0.05, 0) is 24.3 Å². The topological polar surface area (TPSA) is 122 Å². The predicted octanol–water partition coefficient (Wildman–Crippen LogP) is 1.74. The number of pyridine rings is 1. The van der Waals surface area contributed by atoms with Crippen LogP contribution >= 0.6 is 0 Å². The van der Waals surface area contributed by atoms with E-state index >= 15 is 0 Å². The highest BCUT2D eigenvalue weighted by Gasteiger charge is 2.12. The van der Waals surface area contributed by atoms with Crippen molar-refractivity contribution in [3.8, 4) is 0 Å². The lowest BCUT2D eigenvalue weighted by atomic mass is 10.2. The minimum absolute atomic E-state index is 0.203. The molecule has 0 spiro atoms. The number of carbonyl (C=O) groups excluding carboxylic acids is 1. The normalized spacial score (nSPS) is 11.0. The maximum absolute atomic E-state index is 11.4. The number of nitrogens with one attached hydrogen (secondary N) is 2. The summed E-state index contributed by atoms with van der Waals surface area (Å²) in [6.07, 6.45) is 4.90. The van der Waals surface area contributed by atoms with Gasteiger partial charge >= 0.3 is 0 Å². The van der Waals surface area contributed by atoms with Gasteiger partial charge < -0.3 is 11.1 Å². The molecule has 0 saturated carbocycles. The van der Waals surface area contributed by atoms with E-state index in [1.807, 2.05) is 12.1 Å². The number of carbonyl (C=O) groups is 1. The molecule has 1 aromatic carbocycles. The number of hydrogen-bond donors (Lipinski definition) is 3. The van der Waals surface area contributed by atoms with Crippen LogP contribution in [0.4, 0.5) is 11.5 Å². The van der Waals surface area contributed by atoms with E-state index in [2.05, 4.69) is 30.5 Å². The molecule has 0 radical (unpaired) electrons. The molecule has 0 aliphatic carbocycles. The number of benzene rings is 1. The standard InChI is InChI=1S/C15H11N7O/c16-14(23)12-9-7-8(1-2-10(9)21-22-12)20-15-13-11(3-4-19-15)17-5-6-18-13/h1-7H,(H2,16,23)(H,19,20)(H,21,22). The van der Waals surface area contributed by atoms with Crippen LogP contribution in [0.1, 0.15) is 10.5 Å². The lowest BCUT2D eigenvalue weighted by molar-refractivity contribution is 0.0997. The van der Waals surface area contributed by atoms with Crippen LogP contribution in [-0.4, -0.2) is 31.1 Å². The number of aromatic amines is 1. The fourth-order valence-corrected chi connectivity index (χ4v) is 2.40. The van der Waals surface area contributed by atoms with Gasteiger partial charge in [-0.2, -0.15) is 5.10 Å². The van der Waals surface area contributed by atoms with E-state index in [9.17, 15) is 4.79 Å². The molecule has 3 aromatic heterocycles. The minimum Gasteiger partial charge on any atom is -0.364 e. The van der Waals surface area contributed by atoms with Crippen LogP contribution in [0, 0.1) is 0 Å². The third kappa shape index (κ3) is 2.22. The van der Waals surface area contributed by atoms with E-state index in [1.165, 1.54) is 0 Å². The first-order chi connectivity index (χ1) is 11.2. The monoisotopic (exact) mass is 305 g/mol. The zero-order valence-electron chi connectivity index (χ0n) is 11.8. The SMILES string of the molecule is NC(=O)c1n[nH]c2ccc(Nc3nccc4nccnc34)cc12. The number of fused-ring (bicyclic) bond motifs is 2. The zero-order valence-corrected chi connectivity index (χ0v) is 11.8. The fourth-order valence-electron chi connectivity index (χ4n) is 2.40. The molecule has 4 aromatic rings. The van der Waals surface area contributed by atoms with Gasteiger partial charge in [-0.3, -0.25) is 14.9 Å². The highest BCUT2D eigenvalue weighted by atomic mass is 16.1.